The van der Waals surface area contributed by atoms with E-state index in [9.17, 15) is 9.59 Å². The van der Waals surface area contributed by atoms with E-state index in [1.165, 1.54) is 7.11 Å². The van der Waals surface area contributed by atoms with E-state index in [1.807, 2.05) is 19.2 Å². The summed E-state index contributed by atoms with van der Waals surface area (Å²) in [7, 11) is 5.03. The molecule has 7 heteroatoms. The molecular formula is C18H25N3O4. The van der Waals surface area contributed by atoms with Crippen LogP contribution < -0.4 is 4.74 Å². The Morgan fingerprint density at radius 1 is 1.32 bits per heavy atom. The Labute approximate surface area is 147 Å². The van der Waals surface area contributed by atoms with Crippen LogP contribution in [0.25, 0.3) is 0 Å². The number of pyridine rings is 1. The van der Waals surface area contributed by atoms with Gasteiger partial charge in [0.05, 0.1) is 31.7 Å². The smallest absolute Gasteiger partial charge is 0.314 e. The summed E-state index contributed by atoms with van der Waals surface area (Å²) < 4.78 is 10.2. The molecule has 0 N–H and O–H groups in total. The highest BCUT2D eigenvalue weighted by Gasteiger charge is 2.55. The first-order valence-electron chi connectivity index (χ1n) is 8.53. The lowest BCUT2D eigenvalue weighted by atomic mass is 9.72. The molecule has 0 radical (unpaired) electrons. The summed E-state index contributed by atoms with van der Waals surface area (Å²) >= 11 is 0. The summed E-state index contributed by atoms with van der Waals surface area (Å²) in [5.41, 5.74) is 0.0992. The van der Waals surface area contributed by atoms with Gasteiger partial charge in [0.1, 0.15) is 0 Å². The van der Waals surface area contributed by atoms with Crippen LogP contribution in [-0.4, -0.2) is 74.1 Å². The Hall–Kier alpha value is -2.15. The lowest BCUT2D eigenvalue weighted by molar-refractivity contribution is -0.157. The number of likely N-dealkylation sites (tertiary alicyclic amines) is 2. The van der Waals surface area contributed by atoms with Gasteiger partial charge in [0.2, 0.25) is 11.8 Å². The third kappa shape index (κ3) is 3.33. The molecule has 3 rings (SSSR count). The molecule has 136 valence electrons. The maximum atomic E-state index is 12.8. The summed E-state index contributed by atoms with van der Waals surface area (Å²) in [5.74, 6) is 0.399. The third-order valence-corrected chi connectivity index (χ3v) is 5.43. The lowest BCUT2D eigenvalue weighted by Crippen LogP contribution is -2.50. The number of ether oxygens (including phenoxy) is 2. The number of esters is 1. The molecule has 2 aliphatic rings. The van der Waals surface area contributed by atoms with Gasteiger partial charge in [0.25, 0.3) is 0 Å². The highest BCUT2D eigenvalue weighted by Crippen LogP contribution is 2.43. The average Bonchev–Trinajstić information content (AvgIpc) is 3.01. The molecule has 25 heavy (non-hydrogen) atoms. The molecule has 0 saturated carbocycles. The largest absolute Gasteiger partial charge is 0.481 e. The molecule has 2 fully saturated rings. The number of rotatable bonds is 4. The Kier molecular flexibility index (Phi) is 4.94. The molecule has 2 saturated heterocycles. The second-order valence-corrected chi connectivity index (χ2v) is 6.98. The van der Waals surface area contributed by atoms with E-state index in [0.29, 0.717) is 24.7 Å². The number of piperidine rings is 1. The van der Waals surface area contributed by atoms with Gasteiger partial charge >= 0.3 is 5.97 Å². The fourth-order valence-electron chi connectivity index (χ4n) is 4.01. The molecule has 0 unspecified atom stereocenters. The summed E-state index contributed by atoms with van der Waals surface area (Å²) in [6.07, 6.45) is 0.930. The summed E-state index contributed by atoms with van der Waals surface area (Å²) in [4.78, 5) is 33.6. The average molecular weight is 347 g/mol. The van der Waals surface area contributed by atoms with Crippen LogP contribution in [0.1, 0.15) is 12.1 Å². The van der Waals surface area contributed by atoms with Gasteiger partial charge < -0.3 is 19.3 Å². The number of methoxy groups -OCH3 is 2. The van der Waals surface area contributed by atoms with Crippen LogP contribution in [0.5, 0.6) is 5.88 Å². The van der Waals surface area contributed by atoms with Crippen molar-refractivity contribution >= 4 is 11.9 Å². The molecule has 3 heterocycles. The molecule has 0 spiro atoms. The van der Waals surface area contributed by atoms with Crippen LogP contribution in [0.4, 0.5) is 0 Å². The van der Waals surface area contributed by atoms with E-state index in [-0.39, 0.29) is 24.2 Å². The van der Waals surface area contributed by atoms with E-state index >= 15 is 0 Å². The highest BCUT2D eigenvalue weighted by atomic mass is 16.5. The van der Waals surface area contributed by atoms with Gasteiger partial charge in [-0.1, -0.05) is 6.07 Å². The number of carbonyl (C=O) groups excluding carboxylic acids is 2. The number of amides is 1. The van der Waals surface area contributed by atoms with Gasteiger partial charge in [-0.3, -0.25) is 9.59 Å². The molecule has 1 amide bonds. The van der Waals surface area contributed by atoms with Crippen molar-refractivity contribution in [3.63, 3.8) is 0 Å². The molecule has 7 nitrogen and oxygen atoms in total. The van der Waals surface area contributed by atoms with E-state index in [0.717, 1.165) is 19.5 Å². The van der Waals surface area contributed by atoms with Crippen LogP contribution in [0.2, 0.25) is 0 Å². The van der Waals surface area contributed by atoms with Crippen molar-refractivity contribution in [2.24, 2.45) is 11.3 Å². The summed E-state index contributed by atoms with van der Waals surface area (Å²) in [5, 5.41) is 0. The van der Waals surface area contributed by atoms with Crippen LogP contribution in [-0.2, 0) is 20.7 Å². The minimum absolute atomic E-state index is 0.0129. The minimum atomic E-state index is -0.571. The third-order valence-electron chi connectivity index (χ3n) is 5.43. The highest BCUT2D eigenvalue weighted by molar-refractivity contribution is 5.83. The first kappa shape index (κ1) is 17.7. The topological polar surface area (TPSA) is 72.0 Å². The molecule has 2 aliphatic heterocycles. The normalized spacial score (nSPS) is 26.2. The number of fused-ring (bicyclic) bond motifs is 1. The number of nitrogens with zero attached hydrogens (tertiary/aromatic N) is 3. The molecule has 1 aromatic rings. The Bertz CT molecular complexity index is 665. The van der Waals surface area contributed by atoms with Gasteiger partial charge in [0.15, 0.2) is 0 Å². The Morgan fingerprint density at radius 3 is 2.84 bits per heavy atom. The van der Waals surface area contributed by atoms with Crippen molar-refractivity contribution < 1.29 is 19.1 Å². The molecule has 0 aliphatic carbocycles. The second-order valence-electron chi connectivity index (χ2n) is 6.98. The van der Waals surface area contributed by atoms with Gasteiger partial charge in [-0.15, -0.1) is 0 Å². The first-order chi connectivity index (χ1) is 12.0. The fourth-order valence-corrected chi connectivity index (χ4v) is 4.01. The summed E-state index contributed by atoms with van der Waals surface area (Å²) in [6.45, 7) is 2.66. The van der Waals surface area contributed by atoms with Crippen LogP contribution in [0.15, 0.2) is 18.2 Å². The zero-order valence-corrected chi connectivity index (χ0v) is 15.0. The first-order valence-corrected chi connectivity index (χ1v) is 8.53. The zero-order valence-electron chi connectivity index (χ0n) is 15.0. The van der Waals surface area contributed by atoms with Crippen molar-refractivity contribution in [1.82, 2.24) is 14.8 Å². The Balaban J connectivity index is 1.75. The van der Waals surface area contributed by atoms with E-state index in [4.69, 9.17) is 9.47 Å². The Morgan fingerprint density at radius 2 is 2.12 bits per heavy atom. The van der Waals surface area contributed by atoms with Gasteiger partial charge in [-0.2, -0.15) is 0 Å². The molecule has 2 atom stereocenters. The molecule has 1 aromatic heterocycles. The minimum Gasteiger partial charge on any atom is -0.481 e. The number of carbonyl (C=O) groups is 2. The number of hydrogen-bond acceptors (Lipinski definition) is 6. The maximum absolute atomic E-state index is 12.8. The predicted molar refractivity (Wildman–Crippen MR) is 91.1 cm³/mol. The van der Waals surface area contributed by atoms with E-state index in [2.05, 4.69) is 9.88 Å². The predicted octanol–water partition coefficient (Wildman–Crippen LogP) is 0.586. The SMILES string of the molecule is COC(=O)[C@@]12CCN(C)C[C@@H]1CN(C(=O)Cc1cccc(OC)n1)C2. The van der Waals surface area contributed by atoms with Crippen molar-refractivity contribution in [1.29, 1.82) is 0 Å². The quantitative estimate of drug-likeness (QED) is 0.742. The second kappa shape index (κ2) is 7.00. The molecular weight excluding hydrogens is 322 g/mol. The monoisotopic (exact) mass is 347 g/mol. The van der Waals surface area contributed by atoms with Gasteiger partial charge in [0, 0.05) is 31.6 Å². The standard InChI is InChI=1S/C18H25N3O4/c1-20-8-7-18(17(23)25-3)12-21(11-13(18)10-20)16(22)9-14-5-4-6-15(19-14)24-2/h4-6,13H,7-12H2,1-3H3/t13-,18-/m1/s1. The maximum Gasteiger partial charge on any atom is 0.314 e. The van der Waals surface area contributed by atoms with Crippen LogP contribution in [0.3, 0.4) is 0 Å². The van der Waals surface area contributed by atoms with Crippen LogP contribution in [0, 0.1) is 11.3 Å². The molecule has 0 aromatic carbocycles. The van der Waals surface area contributed by atoms with Crippen molar-refractivity contribution in [3.8, 4) is 5.88 Å². The number of aromatic nitrogens is 1. The number of hydrogen-bond donors (Lipinski definition) is 0. The van der Waals surface area contributed by atoms with Crippen molar-refractivity contribution in [2.45, 2.75) is 12.8 Å². The van der Waals surface area contributed by atoms with Crippen molar-refractivity contribution in [3.05, 3.63) is 23.9 Å². The van der Waals surface area contributed by atoms with E-state index < -0.39 is 5.41 Å². The summed E-state index contributed by atoms with van der Waals surface area (Å²) in [6, 6.07) is 5.39. The fraction of sp³-hybridized carbons (Fsp3) is 0.611. The van der Waals surface area contributed by atoms with Gasteiger partial charge in [-0.25, -0.2) is 4.98 Å². The van der Waals surface area contributed by atoms with Gasteiger partial charge in [-0.05, 0) is 26.1 Å². The van der Waals surface area contributed by atoms with Crippen molar-refractivity contribution in [2.75, 3.05) is 47.4 Å². The molecule has 0 bridgehead atoms. The van der Waals surface area contributed by atoms with Crippen LogP contribution >= 0.6 is 0 Å². The van der Waals surface area contributed by atoms with E-state index in [1.54, 1.807) is 18.1 Å². The zero-order chi connectivity index (χ0) is 18.0. The lowest BCUT2D eigenvalue weighted by Gasteiger charge is -2.39.